The predicted molar refractivity (Wildman–Crippen MR) is 74.5 cm³/mol. The fourth-order valence-corrected chi connectivity index (χ4v) is 3.54. The topological polar surface area (TPSA) is 70.4 Å². The Labute approximate surface area is 119 Å². The summed E-state index contributed by atoms with van der Waals surface area (Å²) < 4.78 is 31.6. The van der Waals surface area contributed by atoms with E-state index in [1.54, 1.807) is 7.05 Å². The van der Waals surface area contributed by atoms with E-state index in [0.717, 1.165) is 19.4 Å². The lowest BCUT2D eigenvalue weighted by Gasteiger charge is -2.26. The normalized spacial score (nSPS) is 19.8. The number of rotatable bonds is 4. The van der Waals surface area contributed by atoms with Crippen LogP contribution in [0.1, 0.15) is 18.4 Å². The molecule has 1 aliphatic rings. The molecule has 0 N–H and O–H groups in total. The van der Waals surface area contributed by atoms with Gasteiger partial charge in [-0.2, -0.15) is 5.26 Å². The minimum Gasteiger partial charge on any atom is -0.381 e. The van der Waals surface area contributed by atoms with E-state index in [1.165, 1.54) is 28.6 Å². The maximum absolute atomic E-state index is 12.4. The summed E-state index contributed by atoms with van der Waals surface area (Å²) >= 11 is 0. The number of sulfonamides is 1. The minimum absolute atomic E-state index is 0.218. The molecule has 0 aliphatic carbocycles. The average molecular weight is 294 g/mol. The highest BCUT2D eigenvalue weighted by Gasteiger charge is 2.25. The number of nitriles is 1. The quantitative estimate of drug-likeness (QED) is 0.846. The summed E-state index contributed by atoms with van der Waals surface area (Å²) in [7, 11) is -1.91. The SMILES string of the molecule is CN(CC1CCCOC1)S(=O)(=O)c1ccc(C#N)cc1. The van der Waals surface area contributed by atoms with Crippen LogP contribution in [0.3, 0.4) is 0 Å². The molecule has 1 aromatic carbocycles. The summed E-state index contributed by atoms with van der Waals surface area (Å²) in [6, 6.07) is 7.96. The maximum atomic E-state index is 12.4. The van der Waals surface area contributed by atoms with Crippen molar-refractivity contribution in [3.05, 3.63) is 29.8 Å². The molecule has 5 nitrogen and oxygen atoms in total. The van der Waals surface area contributed by atoms with Crippen LogP contribution in [-0.2, 0) is 14.8 Å². The van der Waals surface area contributed by atoms with Gasteiger partial charge in [0.1, 0.15) is 0 Å². The number of ether oxygens (including phenoxy) is 1. The maximum Gasteiger partial charge on any atom is 0.242 e. The molecule has 0 bridgehead atoms. The van der Waals surface area contributed by atoms with Gasteiger partial charge < -0.3 is 4.74 Å². The van der Waals surface area contributed by atoms with Gasteiger partial charge in [0.25, 0.3) is 0 Å². The van der Waals surface area contributed by atoms with Crippen molar-refractivity contribution in [2.75, 3.05) is 26.8 Å². The molecule has 0 saturated carbocycles. The Hall–Kier alpha value is -1.42. The van der Waals surface area contributed by atoms with Gasteiger partial charge in [-0.25, -0.2) is 12.7 Å². The van der Waals surface area contributed by atoms with Gasteiger partial charge in [-0.3, -0.25) is 0 Å². The zero-order valence-corrected chi connectivity index (χ0v) is 12.3. The molecular formula is C14H18N2O3S. The van der Waals surface area contributed by atoms with E-state index in [9.17, 15) is 8.42 Å². The first kappa shape index (κ1) is 15.0. The van der Waals surface area contributed by atoms with Crippen molar-refractivity contribution >= 4 is 10.0 Å². The second kappa shape index (κ2) is 6.35. The Balaban J connectivity index is 2.09. The molecule has 0 spiro atoms. The first-order valence-electron chi connectivity index (χ1n) is 6.58. The first-order valence-corrected chi connectivity index (χ1v) is 8.02. The molecule has 0 radical (unpaired) electrons. The van der Waals surface area contributed by atoms with Crippen LogP contribution in [0.15, 0.2) is 29.2 Å². The summed E-state index contributed by atoms with van der Waals surface area (Å²) in [5, 5.41) is 8.73. The van der Waals surface area contributed by atoms with Crippen LogP contribution in [0.5, 0.6) is 0 Å². The summed E-state index contributed by atoms with van der Waals surface area (Å²) in [6.45, 7) is 1.85. The van der Waals surface area contributed by atoms with Crippen LogP contribution < -0.4 is 0 Å². The fourth-order valence-electron chi connectivity index (χ4n) is 2.29. The van der Waals surface area contributed by atoms with E-state index in [2.05, 4.69) is 0 Å². The molecule has 20 heavy (non-hydrogen) atoms. The lowest BCUT2D eigenvalue weighted by atomic mass is 10.0. The van der Waals surface area contributed by atoms with Crippen LogP contribution in [0, 0.1) is 17.2 Å². The smallest absolute Gasteiger partial charge is 0.242 e. The molecular weight excluding hydrogens is 276 g/mol. The monoisotopic (exact) mass is 294 g/mol. The highest BCUT2D eigenvalue weighted by Crippen LogP contribution is 2.20. The number of nitrogens with zero attached hydrogens (tertiary/aromatic N) is 2. The average Bonchev–Trinajstić information content (AvgIpc) is 2.48. The van der Waals surface area contributed by atoms with E-state index in [0.29, 0.717) is 18.7 Å². The van der Waals surface area contributed by atoms with Crippen molar-refractivity contribution in [3.63, 3.8) is 0 Å². The number of hydrogen-bond acceptors (Lipinski definition) is 4. The van der Waals surface area contributed by atoms with Crippen LogP contribution in [0.25, 0.3) is 0 Å². The molecule has 6 heteroatoms. The van der Waals surface area contributed by atoms with E-state index in [-0.39, 0.29) is 10.8 Å². The van der Waals surface area contributed by atoms with E-state index in [4.69, 9.17) is 10.00 Å². The zero-order valence-electron chi connectivity index (χ0n) is 11.4. The van der Waals surface area contributed by atoms with Gasteiger partial charge in [0.2, 0.25) is 10.0 Å². The predicted octanol–water partition coefficient (Wildman–Crippen LogP) is 1.61. The van der Waals surface area contributed by atoms with Gasteiger partial charge in [0, 0.05) is 20.2 Å². The molecule has 0 aromatic heterocycles. The molecule has 1 unspecified atom stereocenters. The van der Waals surface area contributed by atoms with Gasteiger partial charge in [0.15, 0.2) is 0 Å². The van der Waals surface area contributed by atoms with E-state index >= 15 is 0 Å². The largest absolute Gasteiger partial charge is 0.381 e. The Bertz CT molecular complexity index is 584. The van der Waals surface area contributed by atoms with Gasteiger partial charge >= 0.3 is 0 Å². The van der Waals surface area contributed by atoms with Crippen molar-refractivity contribution in [1.82, 2.24) is 4.31 Å². The van der Waals surface area contributed by atoms with Gasteiger partial charge in [-0.1, -0.05) is 0 Å². The standard InChI is InChI=1S/C14H18N2O3S/c1-16(10-13-3-2-8-19-11-13)20(17,18)14-6-4-12(9-15)5-7-14/h4-7,13H,2-3,8,10-11H2,1H3. The van der Waals surface area contributed by atoms with Crippen LogP contribution in [0.2, 0.25) is 0 Å². The van der Waals surface area contributed by atoms with E-state index in [1.807, 2.05) is 6.07 Å². The van der Waals surface area contributed by atoms with Crippen molar-refractivity contribution < 1.29 is 13.2 Å². The molecule has 108 valence electrons. The first-order chi connectivity index (χ1) is 9.54. The molecule has 1 saturated heterocycles. The molecule has 0 amide bonds. The van der Waals surface area contributed by atoms with Gasteiger partial charge in [0.05, 0.1) is 23.1 Å². The minimum atomic E-state index is -3.49. The van der Waals surface area contributed by atoms with Gasteiger partial charge in [-0.15, -0.1) is 0 Å². The summed E-state index contributed by atoms with van der Waals surface area (Å²) in [6.07, 6.45) is 1.97. The van der Waals surface area contributed by atoms with Crippen molar-refractivity contribution in [1.29, 1.82) is 5.26 Å². The molecule has 1 heterocycles. The Morgan fingerprint density at radius 2 is 2.10 bits per heavy atom. The summed E-state index contributed by atoms with van der Waals surface area (Å²) in [5.74, 6) is 0.252. The number of benzene rings is 1. The molecule has 1 fully saturated rings. The lowest BCUT2D eigenvalue weighted by Crippen LogP contribution is -2.35. The lowest BCUT2D eigenvalue weighted by molar-refractivity contribution is 0.0495. The Morgan fingerprint density at radius 1 is 1.40 bits per heavy atom. The molecule has 2 rings (SSSR count). The van der Waals surface area contributed by atoms with Crippen molar-refractivity contribution in [3.8, 4) is 6.07 Å². The van der Waals surface area contributed by atoms with Crippen LogP contribution >= 0.6 is 0 Å². The van der Waals surface area contributed by atoms with Crippen molar-refractivity contribution in [2.24, 2.45) is 5.92 Å². The highest BCUT2D eigenvalue weighted by molar-refractivity contribution is 7.89. The zero-order chi connectivity index (χ0) is 14.6. The highest BCUT2D eigenvalue weighted by atomic mass is 32.2. The molecule has 1 aromatic rings. The summed E-state index contributed by atoms with van der Waals surface area (Å²) in [5.41, 5.74) is 0.451. The fraction of sp³-hybridized carbons (Fsp3) is 0.500. The third-order valence-corrected chi connectivity index (χ3v) is 5.30. The van der Waals surface area contributed by atoms with Crippen molar-refractivity contribution in [2.45, 2.75) is 17.7 Å². The molecule has 1 atom stereocenters. The third kappa shape index (κ3) is 3.37. The second-order valence-electron chi connectivity index (χ2n) is 5.00. The third-order valence-electron chi connectivity index (χ3n) is 3.46. The van der Waals surface area contributed by atoms with Gasteiger partial charge in [-0.05, 0) is 43.0 Å². The van der Waals surface area contributed by atoms with Crippen LogP contribution in [-0.4, -0.2) is 39.5 Å². The Morgan fingerprint density at radius 3 is 2.65 bits per heavy atom. The second-order valence-corrected chi connectivity index (χ2v) is 7.05. The number of hydrogen-bond donors (Lipinski definition) is 0. The summed E-state index contributed by atoms with van der Waals surface area (Å²) in [4.78, 5) is 0.218. The molecule has 1 aliphatic heterocycles. The Kier molecular flexibility index (Phi) is 4.76. The van der Waals surface area contributed by atoms with Crippen LogP contribution in [0.4, 0.5) is 0 Å². The van der Waals surface area contributed by atoms with E-state index < -0.39 is 10.0 Å².